The highest BCUT2D eigenvalue weighted by Crippen LogP contribution is 2.11. The highest BCUT2D eigenvalue weighted by atomic mass is 16.1. The summed E-state index contributed by atoms with van der Waals surface area (Å²) < 4.78 is 1.89. The van der Waals surface area contributed by atoms with Gasteiger partial charge in [0.2, 0.25) is 5.91 Å². The van der Waals surface area contributed by atoms with Crippen molar-refractivity contribution in [2.45, 2.75) is 45.7 Å². The number of unbranched alkanes of at least 4 members (excludes halogenated alkanes) is 1. The Balaban J connectivity index is 1.53. The van der Waals surface area contributed by atoms with Crippen molar-refractivity contribution in [3.05, 3.63) is 89.2 Å². The molecule has 2 aromatic carbocycles. The molecule has 4 heteroatoms. The van der Waals surface area contributed by atoms with Crippen molar-refractivity contribution in [1.29, 1.82) is 0 Å². The summed E-state index contributed by atoms with van der Waals surface area (Å²) in [4.78, 5) is 12.3. The first kappa shape index (κ1) is 18.9. The van der Waals surface area contributed by atoms with Crippen molar-refractivity contribution in [2.75, 3.05) is 0 Å². The van der Waals surface area contributed by atoms with Crippen molar-refractivity contribution in [3.8, 4) is 0 Å². The molecule has 0 aliphatic carbocycles. The number of nitrogens with zero attached hydrogens (tertiary/aromatic N) is 2. The van der Waals surface area contributed by atoms with Crippen LogP contribution in [0.3, 0.4) is 0 Å². The lowest BCUT2D eigenvalue weighted by Crippen LogP contribution is -2.25. The molecule has 3 rings (SSSR count). The summed E-state index contributed by atoms with van der Waals surface area (Å²) in [6.45, 7) is 3.44. The standard InChI is InChI=1S/C23H27N3O/c1-2-3-7-19-10-12-20(13-11-19)16-23(27)24-17-21-8-4-5-9-22(21)18-26-15-6-14-25-26/h4-6,8-15H,2-3,7,16-18H2,1H3,(H,24,27). The van der Waals surface area contributed by atoms with Crippen LogP contribution in [-0.2, 0) is 30.7 Å². The minimum absolute atomic E-state index is 0.0465. The number of aromatic nitrogens is 2. The first-order chi connectivity index (χ1) is 13.2. The predicted octanol–water partition coefficient (Wildman–Crippen LogP) is 4.13. The second-order valence-electron chi connectivity index (χ2n) is 6.85. The molecular formula is C23H27N3O. The molecule has 0 saturated heterocycles. The van der Waals surface area contributed by atoms with Gasteiger partial charge in [-0.25, -0.2) is 0 Å². The van der Waals surface area contributed by atoms with E-state index in [0.29, 0.717) is 19.5 Å². The molecular weight excluding hydrogens is 334 g/mol. The van der Waals surface area contributed by atoms with E-state index >= 15 is 0 Å². The Bertz CT molecular complexity index is 838. The third kappa shape index (κ3) is 5.81. The minimum atomic E-state index is 0.0465. The minimum Gasteiger partial charge on any atom is -0.352 e. The van der Waals surface area contributed by atoms with Crippen LogP contribution in [-0.4, -0.2) is 15.7 Å². The van der Waals surface area contributed by atoms with Crippen LogP contribution in [0.1, 0.15) is 42.0 Å². The fraction of sp³-hybridized carbons (Fsp3) is 0.304. The van der Waals surface area contributed by atoms with Crippen molar-refractivity contribution >= 4 is 5.91 Å². The maximum Gasteiger partial charge on any atom is 0.224 e. The van der Waals surface area contributed by atoms with Gasteiger partial charge < -0.3 is 5.32 Å². The highest BCUT2D eigenvalue weighted by molar-refractivity contribution is 5.78. The first-order valence-electron chi connectivity index (χ1n) is 9.63. The maximum atomic E-state index is 12.3. The van der Waals surface area contributed by atoms with Gasteiger partial charge in [0.15, 0.2) is 0 Å². The largest absolute Gasteiger partial charge is 0.352 e. The van der Waals surface area contributed by atoms with Gasteiger partial charge in [0.25, 0.3) is 0 Å². The van der Waals surface area contributed by atoms with Gasteiger partial charge in [-0.1, -0.05) is 61.9 Å². The number of benzene rings is 2. The summed E-state index contributed by atoms with van der Waals surface area (Å²) in [6, 6.07) is 18.5. The Kier molecular flexibility index (Phi) is 6.80. The lowest BCUT2D eigenvalue weighted by molar-refractivity contribution is -0.120. The van der Waals surface area contributed by atoms with Gasteiger partial charge in [-0.15, -0.1) is 0 Å². The van der Waals surface area contributed by atoms with Crippen LogP contribution in [0.4, 0.5) is 0 Å². The molecule has 1 aromatic heterocycles. The zero-order valence-corrected chi connectivity index (χ0v) is 15.9. The summed E-state index contributed by atoms with van der Waals surface area (Å²) in [7, 11) is 0. The number of hydrogen-bond acceptors (Lipinski definition) is 2. The topological polar surface area (TPSA) is 46.9 Å². The molecule has 0 aliphatic rings. The van der Waals surface area contributed by atoms with Crippen LogP contribution in [0.25, 0.3) is 0 Å². The van der Waals surface area contributed by atoms with Crippen LogP contribution < -0.4 is 5.32 Å². The predicted molar refractivity (Wildman–Crippen MR) is 108 cm³/mol. The molecule has 1 heterocycles. The summed E-state index contributed by atoms with van der Waals surface area (Å²) in [5.41, 5.74) is 4.68. The average Bonchev–Trinajstić information content (AvgIpc) is 3.20. The van der Waals surface area contributed by atoms with Gasteiger partial charge in [0, 0.05) is 18.9 Å². The van der Waals surface area contributed by atoms with Crippen LogP contribution in [0, 0.1) is 0 Å². The number of aryl methyl sites for hydroxylation is 1. The van der Waals surface area contributed by atoms with E-state index in [1.165, 1.54) is 24.0 Å². The van der Waals surface area contributed by atoms with Crippen LogP contribution in [0.2, 0.25) is 0 Å². The summed E-state index contributed by atoms with van der Waals surface area (Å²) in [5.74, 6) is 0.0465. The van der Waals surface area contributed by atoms with E-state index in [2.05, 4.69) is 53.7 Å². The number of nitrogens with one attached hydrogen (secondary N) is 1. The second-order valence-corrected chi connectivity index (χ2v) is 6.85. The molecule has 0 fully saturated rings. The molecule has 0 radical (unpaired) electrons. The van der Waals surface area contributed by atoms with Gasteiger partial charge >= 0.3 is 0 Å². The van der Waals surface area contributed by atoms with Crippen molar-refractivity contribution in [2.24, 2.45) is 0 Å². The quantitative estimate of drug-likeness (QED) is 0.623. The van der Waals surface area contributed by atoms with Gasteiger partial charge in [0.1, 0.15) is 0 Å². The smallest absolute Gasteiger partial charge is 0.224 e. The van der Waals surface area contributed by atoms with E-state index in [1.807, 2.05) is 29.1 Å². The monoisotopic (exact) mass is 361 g/mol. The van der Waals surface area contributed by atoms with Gasteiger partial charge in [-0.3, -0.25) is 9.48 Å². The summed E-state index contributed by atoms with van der Waals surface area (Å²) in [6.07, 6.45) is 7.65. The fourth-order valence-corrected chi connectivity index (χ4v) is 3.10. The van der Waals surface area contributed by atoms with Crippen LogP contribution >= 0.6 is 0 Å². The Morgan fingerprint density at radius 3 is 2.44 bits per heavy atom. The molecule has 140 valence electrons. The first-order valence-corrected chi connectivity index (χ1v) is 9.63. The molecule has 0 saturated carbocycles. The van der Waals surface area contributed by atoms with Crippen molar-refractivity contribution < 1.29 is 4.79 Å². The van der Waals surface area contributed by atoms with E-state index in [0.717, 1.165) is 17.5 Å². The number of carbonyl (C=O) groups excluding carboxylic acids is 1. The Labute approximate surface area is 161 Å². The third-order valence-electron chi connectivity index (χ3n) is 4.69. The second kappa shape index (κ2) is 9.72. The molecule has 0 unspecified atom stereocenters. The summed E-state index contributed by atoms with van der Waals surface area (Å²) in [5, 5.41) is 7.31. The molecule has 3 aromatic rings. The average molecular weight is 361 g/mol. The van der Waals surface area contributed by atoms with Crippen molar-refractivity contribution in [1.82, 2.24) is 15.1 Å². The van der Waals surface area contributed by atoms with Gasteiger partial charge in [0.05, 0.1) is 13.0 Å². The van der Waals surface area contributed by atoms with E-state index in [1.54, 1.807) is 6.20 Å². The molecule has 4 nitrogen and oxygen atoms in total. The number of rotatable bonds is 9. The normalized spacial score (nSPS) is 10.7. The van der Waals surface area contributed by atoms with E-state index in [9.17, 15) is 4.79 Å². The number of amides is 1. The lowest BCUT2D eigenvalue weighted by Gasteiger charge is -2.11. The highest BCUT2D eigenvalue weighted by Gasteiger charge is 2.07. The Hall–Kier alpha value is -2.88. The molecule has 0 atom stereocenters. The molecule has 1 N–H and O–H groups in total. The zero-order valence-electron chi connectivity index (χ0n) is 15.9. The number of carbonyl (C=O) groups is 1. The molecule has 0 aliphatic heterocycles. The zero-order chi connectivity index (χ0) is 18.9. The van der Waals surface area contributed by atoms with Crippen LogP contribution in [0.5, 0.6) is 0 Å². The molecule has 0 bridgehead atoms. The number of hydrogen-bond donors (Lipinski definition) is 1. The van der Waals surface area contributed by atoms with E-state index < -0.39 is 0 Å². The van der Waals surface area contributed by atoms with Gasteiger partial charge in [-0.05, 0) is 41.2 Å². The third-order valence-corrected chi connectivity index (χ3v) is 4.69. The maximum absolute atomic E-state index is 12.3. The molecule has 1 amide bonds. The Morgan fingerprint density at radius 2 is 1.74 bits per heavy atom. The lowest BCUT2D eigenvalue weighted by atomic mass is 10.0. The van der Waals surface area contributed by atoms with Crippen molar-refractivity contribution in [3.63, 3.8) is 0 Å². The SMILES string of the molecule is CCCCc1ccc(CC(=O)NCc2ccccc2Cn2cccn2)cc1. The fourth-order valence-electron chi connectivity index (χ4n) is 3.10. The Morgan fingerprint density at radius 1 is 1.00 bits per heavy atom. The van der Waals surface area contributed by atoms with E-state index in [4.69, 9.17) is 0 Å². The van der Waals surface area contributed by atoms with E-state index in [-0.39, 0.29) is 5.91 Å². The summed E-state index contributed by atoms with van der Waals surface area (Å²) >= 11 is 0. The van der Waals surface area contributed by atoms with Crippen LogP contribution in [0.15, 0.2) is 67.0 Å². The molecule has 27 heavy (non-hydrogen) atoms. The van der Waals surface area contributed by atoms with Gasteiger partial charge in [-0.2, -0.15) is 5.10 Å². The molecule has 0 spiro atoms.